The highest BCUT2D eigenvalue weighted by molar-refractivity contribution is 6.03. The van der Waals surface area contributed by atoms with Crippen LogP contribution < -0.4 is 31.8 Å². The number of hydrazine groups is 1. The van der Waals surface area contributed by atoms with Gasteiger partial charge in [-0.2, -0.15) is 0 Å². The van der Waals surface area contributed by atoms with Crippen LogP contribution in [0.5, 0.6) is 0 Å². The lowest BCUT2D eigenvalue weighted by molar-refractivity contribution is -0.377. The maximum absolute atomic E-state index is 12.0. The molecule has 0 unspecified atom stereocenters. The summed E-state index contributed by atoms with van der Waals surface area (Å²) in [5.74, 6) is -0.913. The van der Waals surface area contributed by atoms with Crippen LogP contribution in [0.3, 0.4) is 0 Å². The number of hydrogen-bond donors (Lipinski definition) is 5. The summed E-state index contributed by atoms with van der Waals surface area (Å²) in [6.07, 6.45) is 3.01. The second kappa shape index (κ2) is 10.2. The molecule has 0 radical (unpaired) electrons. The molecule has 1 heterocycles. The number of anilines is 4. The second-order valence-electron chi connectivity index (χ2n) is 6.21. The van der Waals surface area contributed by atoms with E-state index in [4.69, 9.17) is 0 Å². The van der Waals surface area contributed by atoms with E-state index in [0.717, 1.165) is 0 Å². The third-order valence-electron chi connectivity index (χ3n) is 3.84. The molecule has 9 nitrogen and oxygen atoms in total. The van der Waals surface area contributed by atoms with Gasteiger partial charge in [-0.3, -0.25) is 20.4 Å². The van der Waals surface area contributed by atoms with Gasteiger partial charge >= 0.3 is 6.03 Å². The monoisotopic (exact) mass is 405 g/mol. The fraction of sp³-hybridized carbons (Fsp3) is 0.0476. The maximum atomic E-state index is 12.0. The SMILES string of the molecule is O=C(CC(=O)Nc1cc[nH+]cc1)NNc1ccc(NC(=O)Nc2ccccc2)cc1. The van der Waals surface area contributed by atoms with Crippen LogP contribution in [0, 0.1) is 0 Å². The zero-order valence-electron chi connectivity index (χ0n) is 15.9. The molecule has 152 valence electrons. The molecule has 0 atom stereocenters. The summed E-state index contributed by atoms with van der Waals surface area (Å²) in [4.78, 5) is 38.6. The van der Waals surface area contributed by atoms with Crippen LogP contribution in [0.15, 0.2) is 79.1 Å². The number of H-pyrrole nitrogens is 1. The summed E-state index contributed by atoms with van der Waals surface area (Å²) in [7, 11) is 0. The van der Waals surface area contributed by atoms with Crippen LogP contribution in [0.2, 0.25) is 0 Å². The fourth-order valence-corrected chi connectivity index (χ4v) is 2.46. The minimum absolute atomic E-state index is 0.328. The van der Waals surface area contributed by atoms with Gasteiger partial charge in [0.2, 0.25) is 11.8 Å². The van der Waals surface area contributed by atoms with Crippen molar-refractivity contribution in [2.45, 2.75) is 6.42 Å². The van der Waals surface area contributed by atoms with Crippen molar-refractivity contribution in [2.75, 3.05) is 21.4 Å². The van der Waals surface area contributed by atoms with Gasteiger partial charge in [0.15, 0.2) is 12.4 Å². The molecule has 30 heavy (non-hydrogen) atoms. The Morgan fingerprint density at radius 2 is 1.20 bits per heavy atom. The molecule has 1 aromatic heterocycles. The molecule has 0 saturated carbocycles. The van der Waals surface area contributed by atoms with Crippen LogP contribution in [-0.2, 0) is 9.59 Å². The van der Waals surface area contributed by atoms with Gasteiger partial charge in [-0.05, 0) is 36.4 Å². The largest absolute Gasteiger partial charge is 0.325 e. The predicted molar refractivity (Wildman–Crippen MR) is 114 cm³/mol. The van der Waals surface area contributed by atoms with Gasteiger partial charge < -0.3 is 16.0 Å². The Balaban J connectivity index is 1.41. The van der Waals surface area contributed by atoms with E-state index in [9.17, 15) is 14.4 Å². The first kappa shape index (κ1) is 20.3. The van der Waals surface area contributed by atoms with E-state index in [1.807, 2.05) is 18.2 Å². The Kier molecular flexibility index (Phi) is 6.93. The summed E-state index contributed by atoms with van der Waals surface area (Å²) in [5.41, 5.74) is 7.63. The minimum atomic E-state index is -0.487. The molecule has 4 amide bonds. The van der Waals surface area contributed by atoms with E-state index >= 15 is 0 Å². The lowest BCUT2D eigenvalue weighted by Crippen LogP contribution is -2.32. The number of pyridine rings is 1. The highest BCUT2D eigenvalue weighted by atomic mass is 16.2. The molecule has 0 aliphatic rings. The van der Waals surface area contributed by atoms with E-state index in [2.05, 4.69) is 31.8 Å². The molecule has 2 aromatic carbocycles. The Labute approximate surface area is 172 Å². The molecule has 0 aliphatic carbocycles. The summed E-state index contributed by atoms with van der Waals surface area (Å²) >= 11 is 0. The van der Waals surface area contributed by atoms with Crippen LogP contribution in [0.25, 0.3) is 0 Å². The van der Waals surface area contributed by atoms with E-state index in [0.29, 0.717) is 22.7 Å². The number of aromatic nitrogens is 1. The van der Waals surface area contributed by atoms with Crippen molar-refractivity contribution in [3.8, 4) is 0 Å². The molecular formula is C21H21N6O3+. The molecule has 0 aliphatic heterocycles. The van der Waals surface area contributed by atoms with Crippen molar-refractivity contribution in [1.29, 1.82) is 0 Å². The van der Waals surface area contributed by atoms with Crippen LogP contribution in [0.1, 0.15) is 6.42 Å². The molecule has 0 saturated heterocycles. The molecular weight excluding hydrogens is 384 g/mol. The first-order valence-corrected chi connectivity index (χ1v) is 9.12. The molecule has 9 heteroatoms. The fourth-order valence-electron chi connectivity index (χ4n) is 2.46. The van der Waals surface area contributed by atoms with Crippen molar-refractivity contribution < 1.29 is 19.4 Å². The van der Waals surface area contributed by atoms with Gasteiger partial charge in [-0.25, -0.2) is 9.78 Å². The highest BCUT2D eigenvalue weighted by Gasteiger charge is 2.10. The van der Waals surface area contributed by atoms with Gasteiger partial charge in [0.1, 0.15) is 6.42 Å². The Hall–Kier alpha value is -4.40. The van der Waals surface area contributed by atoms with Crippen molar-refractivity contribution in [3.05, 3.63) is 79.1 Å². The second-order valence-corrected chi connectivity index (χ2v) is 6.21. The standard InChI is InChI=1S/C21H20N6O3/c28-19(23-17-10-12-22-13-11-17)14-20(29)27-26-18-8-6-16(7-9-18)25-21(30)24-15-4-2-1-3-5-15/h1-13,26H,14H2,(H,27,29)(H,22,23,28)(H2,24,25,30)/p+1. The molecule has 6 N–H and O–H groups in total. The van der Waals surface area contributed by atoms with Crippen molar-refractivity contribution in [2.24, 2.45) is 0 Å². The number of carbonyl (C=O) groups excluding carboxylic acids is 3. The summed E-state index contributed by atoms with van der Waals surface area (Å²) in [6.45, 7) is 0. The predicted octanol–water partition coefficient (Wildman–Crippen LogP) is 2.62. The molecule has 0 spiro atoms. The Morgan fingerprint density at radius 3 is 1.87 bits per heavy atom. The molecule has 0 fully saturated rings. The number of aromatic amines is 1. The van der Waals surface area contributed by atoms with Gasteiger partial charge in [0, 0.05) is 23.5 Å². The van der Waals surface area contributed by atoms with Gasteiger partial charge in [-0.15, -0.1) is 0 Å². The lowest BCUT2D eigenvalue weighted by Gasteiger charge is -2.10. The topological polar surface area (TPSA) is 126 Å². The van der Waals surface area contributed by atoms with E-state index in [1.165, 1.54) is 0 Å². The van der Waals surface area contributed by atoms with E-state index in [1.54, 1.807) is 60.9 Å². The third-order valence-corrected chi connectivity index (χ3v) is 3.84. The van der Waals surface area contributed by atoms with Gasteiger partial charge in [0.25, 0.3) is 0 Å². The van der Waals surface area contributed by atoms with Crippen LogP contribution in [-0.4, -0.2) is 17.8 Å². The summed E-state index contributed by atoms with van der Waals surface area (Å²) in [6, 6.07) is 18.8. The molecule has 3 rings (SSSR count). The highest BCUT2D eigenvalue weighted by Crippen LogP contribution is 2.14. The minimum Gasteiger partial charge on any atom is -0.325 e. The Morgan fingerprint density at radius 1 is 0.633 bits per heavy atom. The number of para-hydroxylation sites is 1. The van der Waals surface area contributed by atoms with Gasteiger partial charge in [-0.1, -0.05) is 18.2 Å². The quantitative estimate of drug-likeness (QED) is 0.306. The van der Waals surface area contributed by atoms with Crippen molar-refractivity contribution in [1.82, 2.24) is 5.43 Å². The van der Waals surface area contributed by atoms with E-state index in [-0.39, 0.29) is 12.5 Å². The smallest absolute Gasteiger partial charge is 0.323 e. The number of nitrogens with one attached hydrogen (secondary N) is 6. The number of carbonyl (C=O) groups is 3. The van der Waals surface area contributed by atoms with Crippen LogP contribution in [0.4, 0.5) is 27.5 Å². The average molecular weight is 405 g/mol. The molecule has 3 aromatic rings. The first-order chi connectivity index (χ1) is 14.6. The zero-order valence-corrected chi connectivity index (χ0v) is 15.9. The number of urea groups is 1. The van der Waals surface area contributed by atoms with Crippen LogP contribution >= 0.6 is 0 Å². The summed E-state index contributed by atoms with van der Waals surface area (Å²) < 4.78 is 0. The number of benzene rings is 2. The van der Waals surface area contributed by atoms with Gasteiger partial charge in [0.05, 0.1) is 11.4 Å². The zero-order chi connectivity index (χ0) is 21.2. The Bertz CT molecular complexity index is 994. The lowest BCUT2D eigenvalue weighted by atomic mass is 10.3. The third kappa shape index (κ3) is 6.64. The average Bonchev–Trinajstić information content (AvgIpc) is 2.74. The summed E-state index contributed by atoms with van der Waals surface area (Å²) in [5, 5.41) is 8.05. The number of hydrogen-bond acceptors (Lipinski definition) is 4. The number of rotatable bonds is 7. The molecule has 0 bridgehead atoms. The van der Waals surface area contributed by atoms with E-state index < -0.39 is 11.8 Å². The first-order valence-electron chi connectivity index (χ1n) is 9.12. The number of amides is 4. The normalized spacial score (nSPS) is 9.87. The van der Waals surface area contributed by atoms with Crippen molar-refractivity contribution in [3.63, 3.8) is 0 Å². The van der Waals surface area contributed by atoms with Crippen molar-refractivity contribution >= 4 is 40.6 Å². The maximum Gasteiger partial charge on any atom is 0.323 e.